The summed E-state index contributed by atoms with van der Waals surface area (Å²) in [6.45, 7) is 4.98. The molecule has 0 saturated heterocycles. The molecule has 0 amide bonds. The number of aliphatic carboxylic acids is 1. The third-order valence-corrected chi connectivity index (χ3v) is 1.89. The van der Waals surface area contributed by atoms with Crippen LogP contribution in [0.25, 0.3) is 0 Å². The SMILES string of the molecule is Cc1ccnc(C(C)(C)C(=O)O)n1. The molecule has 0 aliphatic heterocycles. The average molecular weight is 180 g/mol. The number of aryl methyl sites for hydroxylation is 1. The molecule has 13 heavy (non-hydrogen) atoms. The van der Waals surface area contributed by atoms with Crippen LogP contribution in [0.1, 0.15) is 25.4 Å². The van der Waals surface area contributed by atoms with Crippen LogP contribution in [0.2, 0.25) is 0 Å². The molecule has 1 heterocycles. The van der Waals surface area contributed by atoms with E-state index in [0.717, 1.165) is 5.69 Å². The van der Waals surface area contributed by atoms with Gasteiger partial charge in [-0.2, -0.15) is 0 Å². The van der Waals surface area contributed by atoms with Crippen molar-refractivity contribution in [2.75, 3.05) is 0 Å². The van der Waals surface area contributed by atoms with Gasteiger partial charge in [0.1, 0.15) is 11.2 Å². The average Bonchev–Trinajstić information content (AvgIpc) is 2.04. The molecule has 1 rings (SSSR count). The highest BCUT2D eigenvalue weighted by Gasteiger charge is 2.32. The van der Waals surface area contributed by atoms with Crippen LogP contribution in [0.5, 0.6) is 0 Å². The van der Waals surface area contributed by atoms with Gasteiger partial charge < -0.3 is 5.11 Å². The molecule has 70 valence electrons. The maximum atomic E-state index is 10.9. The fraction of sp³-hybridized carbons (Fsp3) is 0.444. The van der Waals surface area contributed by atoms with Crippen molar-refractivity contribution < 1.29 is 9.90 Å². The third-order valence-electron chi connectivity index (χ3n) is 1.89. The number of carbonyl (C=O) groups is 1. The maximum absolute atomic E-state index is 10.9. The van der Waals surface area contributed by atoms with Gasteiger partial charge in [0.2, 0.25) is 0 Å². The zero-order valence-corrected chi connectivity index (χ0v) is 7.90. The summed E-state index contributed by atoms with van der Waals surface area (Å²) in [5.41, 5.74) is -0.245. The van der Waals surface area contributed by atoms with E-state index >= 15 is 0 Å². The second-order valence-electron chi connectivity index (χ2n) is 3.45. The van der Waals surface area contributed by atoms with E-state index in [4.69, 9.17) is 5.11 Å². The number of carboxylic acids is 1. The van der Waals surface area contributed by atoms with Gasteiger partial charge in [-0.1, -0.05) is 0 Å². The topological polar surface area (TPSA) is 63.1 Å². The Balaban J connectivity index is 3.14. The predicted octanol–water partition coefficient (Wildman–Crippen LogP) is 1.15. The van der Waals surface area contributed by atoms with E-state index in [0.29, 0.717) is 5.82 Å². The van der Waals surface area contributed by atoms with Crippen LogP contribution >= 0.6 is 0 Å². The smallest absolute Gasteiger partial charge is 0.316 e. The Hall–Kier alpha value is -1.45. The van der Waals surface area contributed by atoms with Crippen LogP contribution in [0.4, 0.5) is 0 Å². The molecule has 0 atom stereocenters. The minimum atomic E-state index is -1.02. The molecule has 0 saturated carbocycles. The number of aromatic nitrogens is 2. The first-order chi connectivity index (χ1) is 5.94. The Morgan fingerprint density at radius 3 is 2.62 bits per heavy atom. The lowest BCUT2D eigenvalue weighted by atomic mass is 9.93. The summed E-state index contributed by atoms with van der Waals surface area (Å²) in [7, 11) is 0. The fourth-order valence-corrected chi connectivity index (χ4v) is 0.846. The van der Waals surface area contributed by atoms with Gasteiger partial charge in [0, 0.05) is 11.9 Å². The van der Waals surface area contributed by atoms with Gasteiger partial charge in [0.05, 0.1) is 0 Å². The molecule has 0 spiro atoms. The minimum Gasteiger partial charge on any atom is -0.481 e. The second kappa shape index (κ2) is 3.12. The molecule has 4 heteroatoms. The summed E-state index contributed by atoms with van der Waals surface area (Å²) in [4.78, 5) is 18.9. The van der Waals surface area contributed by atoms with E-state index in [9.17, 15) is 4.79 Å². The monoisotopic (exact) mass is 180 g/mol. The third kappa shape index (κ3) is 1.83. The molecule has 1 N–H and O–H groups in total. The summed E-state index contributed by atoms with van der Waals surface area (Å²) in [5.74, 6) is -0.571. The largest absolute Gasteiger partial charge is 0.481 e. The Morgan fingerprint density at radius 1 is 1.54 bits per heavy atom. The molecule has 0 aromatic carbocycles. The van der Waals surface area contributed by atoms with Crippen molar-refractivity contribution in [2.24, 2.45) is 0 Å². The Labute approximate surface area is 76.7 Å². The number of rotatable bonds is 2. The molecule has 0 aliphatic carbocycles. The number of hydrogen-bond acceptors (Lipinski definition) is 3. The first-order valence-electron chi connectivity index (χ1n) is 3.98. The summed E-state index contributed by atoms with van der Waals surface area (Å²) in [6, 6.07) is 1.74. The van der Waals surface area contributed by atoms with E-state index in [1.54, 1.807) is 26.1 Å². The molecule has 0 fully saturated rings. The van der Waals surface area contributed by atoms with Crippen molar-refractivity contribution >= 4 is 5.97 Å². The number of hydrogen-bond donors (Lipinski definition) is 1. The second-order valence-corrected chi connectivity index (χ2v) is 3.45. The highest BCUT2D eigenvalue weighted by molar-refractivity contribution is 5.78. The lowest BCUT2D eigenvalue weighted by Crippen LogP contribution is -2.31. The van der Waals surface area contributed by atoms with Gasteiger partial charge in [0.25, 0.3) is 0 Å². The molecule has 4 nitrogen and oxygen atoms in total. The Morgan fingerprint density at radius 2 is 2.15 bits per heavy atom. The van der Waals surface area contributed by atoms with Crippen molar-refractivity contribution in [3.05, 3.63) is 23.8 Å². The van der Waals surface area contributed by atoms with Crippen LogP contribution in [0.15, 0.2) is 12.3 Å². The van der Waals surface area contributed by atoms with Crippen LogP contribution < -0.4 is 0 Å². The van der Waals surface area contributed by atoms with Crippen molar-refractivity contribution in [1.29, 1.82) is 0 Å². The highest BCUT2D eigenvalue weighted by Crippen LogP contribution is 2.18. The zero-order valence-electron chi connectivity index (χ0n) is 7.90. The molecular weight excluding hydrogens is 168 g/mol. The first-order valence-corrected chi connectivity index (χ1v) is 3.98. The van der Waals surface area contributed by atoms with Crippen LogP contribution in [0.3, 0.4) is 0 Å². The van der Waals surface area contributed by atoms with Gasteiger partial charge in [-0.15, -0.1) is 0 Å². The maximum Gasteiger partial charge on any atom is 0.316 e. The first kappa shape index (κ1) is 9.64. The summed E-state index contributed by atoms with van der Waals surface area (Å²) >= 11 is 0. The molecular formula is C9H12N2O2. The quantitative estimate of drug-likeness (QED) is 0.741. The number of nitrogens with zero attached hydrogens (tertiary/aromatic N) is 2. The molecule has 0 unspecified atom stereocenters. The lowest BCUT2D eigenvalue weighted by molar-refractivity contribution is -0.142. The van der Waals surface area contributed by atoms with Gasteiger partial charge in [-0.05, 0) is 26.8 Å². The molecule has 0 bridgehead atoms. The van der Waals surface area contributed by atoms with E-state index in [1.807, 2.05) is 6.92 Å². The molecule has 0 aliphatic rings. The Bertz CT molecular complexity index is 334. The fourth-order valence-electron chi connectivity index (χ4n) is 0.846. The predicted molar refractivity (Wildman–Crippen MR) is 47.4 cm³/mol. The standard InChI is InChI=1S/C9H12N2O2/c1-6-4-5-10-7(11-6)9(2,3)8(12)13/h4-5H,1-3H3,(H,12,13). The zero-order chi connectivity index (χ0) is 10.1. The van der Waals surface area contributed by atoms with Crippen LogP contribution in [-0.4, -0.2) is 21.0 Å². The van der Waals surface area contributed by atoms with Crippen molar-refractivity contribution in [3.63, 3.8) is 0 Å². The molecule has 0 radical (unpaired) electrons. The number of carboxylic acid groups (broad SMARTS) is 1. The van der Waals surface area contributed by atoms with Crippen molar-refractivity contribution in [3.8, 4) is 0 Å². The molecule has 1 aromatic heterocycles. The van der Waals surface area contributed by atoms with E-state index < -0.39 is 11.4 Å². The Kier molecular flexibility index (Phi) is 2.32. The van der Waals surface area contributed by atoms with Gasteiger partial charge in [0.15, 0.2) is 0 Å². The molecule has 1 aromatic rings. The van der Waals surface area contributed by atoms with Crippen LogP contribution in [-0.2, 0) is 10.2 Å². The van der Waals surface area contributed by atoms with E-state index in [1.165, 1.54) is 0 Å². The summed E-state index contributed by atoms with van der Waals surface area (Å²) < 4.78 is 0. The van der Waals surface area contributed by atoms with Crippen molar-refractivity contribution in [2.45, 2.75) is 26.2 Å². The highest BCUT2D eigenvalue weighted by atomic mass is 16.4. The van der Waals surface area contributed by atoms with Crippen LogP contribution in [0, 0.1) is 6.92 Å². The summed E-state index contributed by atoms with van der Waals surface area (Å²) in [5, 5.41) is 8.91. The minimum absolute atomic E-state index is 0.347. The summed E-state index contributed by atoms with van der Waals surface area (Å²) in [6.07, 6.45) is 1.57. The van der Waals surface area contributed by atoms with Gasteiger partial charge in [-0.25, -0.2) is 9.97 Å². The van der Waals surface area contributed by atoms with Crippen molar-refractivity contribution in [1.82, 2.24) is 9.97 Å². The lowest BCUT2D eigenvalue weighted by Gasteiger charge is -2.16. The normalized spacial score (nSPS) is 11.3. The van der Waals surface area contributed by atoms with E-state index in [2.05, 4.69) is 9.97 Å². The van der Waals surface area contributed by atoms with Gasteiger partial charge in [-0.3, -0.25) is 4.79 Å². The van der Waals surface area contributed by atoms with E-state index in [-0.39, 0.29) is 0 Å². The van der Waals surface area contributed by atoms with Gasteiger partial charge >= 0.3 is 5.97 Å².